The van der Waals surface area contributed by atoms with Crippen LogP contribution in [-0.2, 0) is 0 Å². The van der Waals surface area contributed by atoms with Gasteiger partial charge < -0.3 is 0 Å². The van der Waals surface area contributed by atoms with E-state index in [1.807, 2.05) is 12.2 Å². The van der Waals surface area contributed by atoms with Gasteiger partial charge in [0.05, 0.1) is 0 Å². The second kappa shape index (κ2) is 6.25. The van der Waals surface area contributed by atoms with E-state index in [1.165, 1.54) is 9.10 Å². The third kappa shape index (κ3) is 6.25. The summed E-state index contributed by atoms with van der Waals surface area (Å²) in [6, 6.07) is 0. The van der Waals surface area contributed by atoms with Crippen molar-refractivity contribution < 1.29 is 0 Å². The van der Waals surface area contributed by atoms with Gasteiger partial charge in [0.25, 0.3) is 0 Å². The average molecular weight is 106 g/mol. The molecule has 0 N–H and O–H groups in total. The van der Waals surface area contributed by atoms with Crippen LogP contribution in [0.1, 0.15) is 0 Å². The number of allylic oxidation sites excluding steroid dienone is 2. The van der Waals surface area contributed by atoms with E-state index in [0.29, 0.717) is 0 Å². The summed E-state index contributed by atoms with van der Waals surface area (Å²) in [7, 11) is 0. The van der Waals surface area contributed by atoms with E-state index in [9.17, 15) is 0 Å². The Kier molecular flexibility index (Phi) is 6.47. The highest BCUT2D eigenvalue weighted by Gasteiger charge is 1.84. The zero-order valence-electron chi connectivity index (χ0n) is 4.69. The van der Waals surface area contributed by atoms with Crippen LogP contribution in [0.25, 0.3) is 0 Å². The number of rotatable bonds is 4. The van der Waals surface area contributed by atoms with Gasteiger partial charge in [-0.15, -0.1) is 34.4 Å². The van der Waals surface area contributed by atoms with Gasteiger partial charge >= 0.3 is 20.4 Å². The molecule has 36 valence electrons. The smallest absolute Gasteiger partial charge is 0.129 e. The molecule has 0 aliphatic heterocycles. The van der Waals surface area contributed by atoms with E-state index in [2.05, 4.69) is 13.2 Å². The fraction of sp³-hybridized carbons (Fsp3) is 0.333. The summed E-state index contributed by atoms with van der Waals surface area (Å²) in [5, 5.41) is 0. The van der Waals surface area contributed by atoms with Crippen LogP contribution in [0.3, 0.4) is 0 Å². The Morgan fingerprint density at radius 3 is 1.86 bits per heavy atom. The Hall–Kier alpha value is 0.246. The summed E-state index contributed by atoms with van der Waals surface area (Å²) in [5.41, 5.74) is 0. The van der Waals surface area contributed by atoms with Crippen molar-refractivity contribution in [1.29, 1.82) is 0 Å². The first-order chi connectivity index (χ1) is 3.41. The number of hydrogen-bond donors (Lipinski definition) is 0. The number of hydrogen-bond acceptors (Lipinski definition) is 0. The molecule has 0 aromatic carbocycles. The molecule has 0 heterocycles. The molecule has 0 atom stereocenters. The monoisotopic (exact) mass is 106 g/mol. The van der Waals surface area contributed by atoms with Gasteiger partial charge in [0.15, 0.2) is 0 Å². The summed E-state index contributed by atoms with van der Waals surface area (Å²) in [6.07, 6.45) is 3.99. The van der Waals surface area contributed by atoms with Gasteiger partial charge in [-0.1, -0.05) is 0 Å². The van der Waals surface area contributed by atoms with Crippen molar-refractivity contribution in [2.24, 2.45) is 0 Å². The molecule has 0 radical (unpaired) electrons. The molecule has 0 amide bonds. The van der Waals surface area contributed by atoms with Crippen LogP contribution in [-0.4, -0.2) is 20.4 Å². The first kappa shape index (κ1) is 7.25. The highest BCUT2D eigenvalue weighted by Crippen LogP contribution is 1.84. The largest absolute Gasteiger partial charge is 0.375 e. The normalized spacial score (nSPS) is 6.86. The minimum atomic E-state index is 0.175. The molecule has 1 heteroatoms. The molecule has 0 bridgehead atoms. The van der Waals surface area contributed by atoms with Gasteiger partial charge in [0.2, 0.25) is 0 Å². The fourth-order valence-corrected chi connectivity index (χ4v) is 1.22. The second-order valence-electron chi connectivity index (χ2n) is 1.51. The van der Waals surface area contributed by atoms with Crippen LogP contribution in [0.4, 0.5) is 0 Å². The maximum absolute atomic E-state index is 3.63. The SMILES string of the molecule is C=C[CH2][Mg][CH2]C=C. The molecule has 0 aliphatic carbocycles. The van der Waals surface area contributed by atoms with Crippen molar-refractivity contribution in [2.45, 2.75) is 9.10 Å². The van der Waals surface area contributed by atoms with Crippen LogP contribution in [0.5, 0.6) is 0 Å². The molecular weight excluding hydrogens is 96.4 g/mol. The van der Waals surface area contributed by atoms with Gasteiger partial charge in [0.1, 0.15) is 0 Å². The van der Waals surface area contributed by atoms with Gasteiger partial charge in [0, 0.05) is 0 Å². The lowest BCUT2D eigenvalue weighted by Crippen LogP contribution is -1.79. The summed E-state index contributed by atoms with van der Waals surface area (Å²) < 4.78 is 2.51. The van der Waals surface area contributed by atoms with Crippen LogP contribution in [0.2, 0.25) is 9.10 Å². The Balaban J connectivity index is 2.68. The predicted octanol–water partition coefficient (Wildman–Crippen LogP) is 1.90. The van der Waals surface area contributed by atoms with Crippen molar-refractivity contribution >= 4 is 20.4 Å². The van der Waals surface area contributed by atoms with E-state index in [-0.39, 0.29) is 20.4 Å². The van der Waals surface area contributed by atoms with Gasteiger partial charge in [-0.05, 0) is 0 Å². The average Bonchev–Trinajstić information content (AvgIpc) is 1.69. The van der Waals surface area contributed by atoms with Crippen molar-refractivity contribution in [3.8, 4) is 0 Å². The Bertz CT molecular complexity index is 49.2. The van der Waals surface area contributed by atoms with Crippen LogP contribution < -0.4 is 0 Å². The Morgan fingerprint density at radius 2 is 1.57 bits per heavy atom. The maximum Gasteiger partial charge on any atom is 0.375 e. The molecule has 0 rings (SSSR count). The lowest BCUT2D eigenvalue weighted by atomic mass is 10.7. The van der Waals surface area contributed by atoms with Crippen LogP contribution >= 0.6 is 0 Å². The second-order valence-corrected chi connectivity index (χ2v) is 3.37. The molecule has 0 saturated heterocycles. The highest BCUT2D eigenvalue weighted by atomic mass is 24.5. The zero-order chi connectivity index (χ0) is 5.54. The van der Waals surface area contributed by atoms with Gasteiger partial charge in [-0.3, -0.25) is 0 Å². The minimum Gasteiger partial charge on any atom is -0.129 e. The highest BCUT2D eigenvalue weighted by molar-refractivity contribution is 6.36. The summed E-state index contributed by atoms with van der Waals surface area (Å²) in [4.78, 5) is 0. The minimum absolute atomic E-state index is 0.175. The van der Waals surface area contributed by atoms with E-state index in [1.54, 1.807) is 0 Å². The molecule has 0 aromatic heterocycles. The summed E-state index contributed by atoms with van der Waals surface area (Å²) >= 11 is 0.175. The molecule has 0 aliphatic rings. The Morgan fingerprint density at radius 1 is 1.14 bits per heavy atom. The van der Waals surface area contributed by atoms with Crippen molar-refractivity contribution in [3.63, 3.8) is 0 Å². The first-order valence-electron chi connectivity index (χ1n) is 2.63. The lowest BCUT2D eigenvalue weighted by molar-refractivity contribution is 1.60. The lowest BCUT2D eigenvalue weighted by Gasteiger charge is -1.78. The van der Waals surface area contributed by atoms with Gasteiger partial charge in [-0.25, -0.2) is 0 Å². The first-order valence-corrected chi connectivity index (χ1v) is 4.63. The molecule has 0 spiro atoms. The van der Waals surface area contributed by atoms with E-state index in [4.69, 9.17) is 0 Å². The van der Waals surface area contributed by atoms with Crippen LogP contribution in [0.15, 0.2) is 25.3 Å². The van der Waals surface area contributed by atoms with E-state index in [0.717, 1.165) is 0 Å². The van der Waals surface area contributed by atoms with Crippen LogP contribution in [0, 0.1) is 0 Å². The molecule has 0 saturated carbocycles. The standard InChI is InChI=1S/2C3H5.Mg/c2*1-3-2;/h2*3H,1-2H2;. The fourth-order valence-electron chi connectivity index (χ4n) is 0.407. The van der Waals surface area contributed by atoms with Crippen molar-refractivity contribution in [3.05, 3.63) is 25.3 Å². The van der Waals surface area contributed by atoms with E-state index >= 15 is 0 Å². The molecule has 0 fully saturated rings. The molecule has 0 unspecified atom stereocenters. The third-order valence-corrected chi connectivity index (χ3v) is 2.45. The van der Waals surface area contributed by atoms with E-state index < -0.39 is 0 Å². The van der Waals surface area contributed by atoms with Gasteiger partial charge in [-0.2, -0.15) is 0 Å². The van der Waals surface area contributed by atoms with Crippen molar-refractivity contribution in [2.75, 3.05) is 0 Å². The zero-order valence-corrected chi connectivity index (χ0v) is 6.10. The predicted molar refractivity (Wildman–Crippen MR) is 35.8 cm³/mol. The Labute approximate surface area is 55.0 Å². The molecule has 0 nitrogen and oxygen atoms in total. The quantitative estimate of drug-likeness (QED) is 0.292. The molecule has 0 aromatic rings. The summed E-state index contributed by atoms with van der Waals surface area (Å²) in [6.45, 7) is 7.27. The maximum atomic E-state index is 3.63. The molecular formula is C6H10Mg. The summed E-state index contributed by atoms with van der Waals surface area (Å²) in [5.74, 6) is 0. The van der Waals surface area contributed by atoms with Crippen molar-refractivity contribution in [1.82, 2.24) is 0 Å². The molecule has 7 heavy (non-hydrogen) atoms. The third-order valence-electron chi connectivity index (χ3n) is 0.816. The topological polar surface area (TPSA) is 0 Å².